The highest BCUT2D eigenvalue weighted by molar-refractivity contribution is 7.98. The molecule has 2 nitrogen and oxygen atoms in total. The smallest absolute Gasteiger partial charge is 0.104 e. The number of aromatic nitrogens is 1. The number of nitrogen functional groups attached to an aromatic ring is 1. The highest BCUT2D eigenvalue weighted by atomic mass is 35.5. The van der Waals surface area contributed by atoms with Gasteiger partial charge in [-0.05, 0) is 24.3 Å². The van der Waals surface area contributed by atoms with Crippen molar-refractivity contribution in [1.29, 1.82) is 0 Å². The molecule has 0 fully saturated rings. The Kier molecular flexibility index (Phi) is 4.48. The monoisotopic (exact) mass is 332 g/mol. The Labute approximate surface area is 137 Å². The van der Waals surface area contributed by atoms with E-state index in [2.05, 4.69) is 10.4 Å². The first kappa shape index (κ1) is 14.4. The summed E-state index contributed by atoms with van der Waals surface area (Å²) in [6, 6.07) is 15.7. The molecule has 21 heavy (non-hydrogen) atoms. The molecule has 0 atom stereocenters. The normalized spacial score (nSPS) is 10.7. The number of hydrogen-bond donors (Lipinski definition) is 1. The maximum absolute atomic E-state index is 6.16. The second-order valence-electron chi connectivity index (χ2n) is 4.47. The van der Waals surface area contributed by atoms with Gasteiger partial charge in [0.2, 0.25) is 0 Å². The third-order valence-electron chi connectivity index (χ3n) is 2.92. The number of thioether (sulfide) groups is 1. The van der Waals surface area contributed by atoms with Crippen molar-refractivity contribution in [3.63, 3.8) is 0 Å². The first-order valence-electron chi connectivity index (χ1n) is 6.40. The van der Waals surface area contributed by atoms with Gasteiger partial charge < -0.3 is 5.73 Å². The summed E-state index contributed by atoms with van der Waals surface area (Å²) >= 11 is 9.52. The topological polar surface area (TPSA) is 38.9 Å². The van der Waals surface area contributed by atoms with E-state index >= 15 is 0 Å². The largest absolute Gasteiger partial charge is 0.399 e. The zero-order valence-corrected chi connectivity index (χ0v) is 13.5. The van der Waals surface area contributed by atoms with Crippen LogP contribution in [-0.2, 0) is 5.75 Å². The minimum atomic E-state index is 0.757. The zero-order valence-electron chi connectivity index (χ0n) is 11.1. The number of benzene rings is 2. The van der Waals surface area contributed by atoms with E-state index in [4.69, 9.17) is 17.3 Å². The van der Waals surface area contributed by atoms with Crippen molar-refractivity contribution >= 4 is 40.4 Å². The van der Waals surface area contributed by atoms with E-state index < -0.39 is 0 Å². The molecule has 0 radical (unpaired) electrons. The Morgan fingerprint density at radius 1 is 1.14 bits per heavy atom. The number of hydrogen-bond acceptors (Lipinski definition) is 4. The van der Waals surface area contributed by atoms with Crippen molar-refractivity contribution in [2.24, 2.45) is 0 Å². The van der Waals surface area contributed by atoms with Crippen LogP contribution in [0, 0.1) is 0 Å². The highest BCUT2D eigenvalue weighted by Gasteiger charge is 2.07. The number of anilines is 1. The van der Waals surface area contributed by atoms with Crippen LogP contribution in [0.4, 0.5) is 5.69 Å². The van der Waals surface area contributed by atoms with Crippen LogP contribution in [0.5, 0.6) is 0 Å². The fourth-order valence-corrected chi connectivity index (χ4v) is 3.97. The summed E-state index contributed by atoms with van der Waals surface area (Å²) in [4.78, 5) is 5.75. The van der Waals surface area contributed by atoms with Crippen LogP contribution in [0.2, 0.25) is 5.02 Å². The molecule has 5 heteroatoms. The third-order valence-corrected chi connectivity index (χ3v) is 5.48. The lowest BCUT2D eigenvalue weighted by Crippen LogP contribution is -1.86. The molecule has 0 aliphatic carbocycles. The zero-order chi connectivity index (χ0) is 14.7. The van der Waals surface area contributed by atoms with Crippen molar-refractivity contribution in [2.75, 3.05) is 5.73 Å². The summed E-state index contributed by atoms with van der Waals surface area (Å²) in [5.74, 6) is 0.816. The van der Waals surface area contributed by atoms with Gasteiger partial charge in [0.05, 0.1) is 16.5 Å². The molecule has 3 aromatic rings. The molecule has 1 heterocycles. The number of thiazole rings is 1. The molecule has 0 unspecified atom stereocenters. The molecule has 0 saturated heterocycles. The van der Waals surface area contributed by atoms with Crippen molar-refractivity contribution < 1.29 is 0 Å². The van der Waals surface area contributed by atoms with Gasteiger partial charge in [-0.1, -0.05) is 35.9 Å². The molecule has 0 saturated carbocycles. The molecule has 3 rings (SSSR count). The Hall–Kier alpha value is -1.49. The molecule has 0 spiro atoms. The molecule has 2 aromatic carbocycles. The maximum Gasteiger partial charge on any atom is 0.104 e. The number of rotatable bonds is 4. The minimum absolute atomic E-state index is 0.757. The van der Waals surface area contributed by atoms with E-state index in [-0.39, 0.29) is 0 Å². The molecule has 106 valence electrons. The lowest BCUT2D eigenvalue weighted by molar-refractivity contribution is 1.26. The van der Waals surface area contributed by atoms with E-state index in [1.807, 2.05) is 48.5 Å². The summed E-state index contributed by atoms with van der Waals surface area (Å²) in [5.41, 5.74) is 8.60. The van der Waals surface area contributed by atoms with Gasteiger partial charge >= 0.3 is 0 Å². The van der Waals surface area contributed by atoms with E-state index in [0.717, 1.165) is 37.6 Å². The van der Waals surface area contributed by atoms with Gasteiger partial charge in [-0.25, -0.2) is 4.98 Å². The molecule has 1 aromatic heterocycles. The number of nitrogens with zero attached hydrogens (tertiary/aromatic N) is 1. The Morgan fingerprint density at radius 3 is 2.81 bits per heavy atom. The molecular weight excluding hydrogens is 320 g/mol. The van der Waals surface area contributed by atoms with E-state index in [9.17, 15) is 0 Å². The van der Waals surface area contributed by atoms with Gasteiger partial charge in [-0.2, -0.15) is 0 Å². The second-order valence-corrected chi connectivity index (χ2v) is 6.84. The predicted octanol–water partition coefficient (Wildman–Crippen LogP) is 5.34. The summed E-state index contributed by atoms with van der Waals surface area (Å²) in [6.07, 6.45) is 0. The van der Waals surface area contributed by atoms with Gasteiger partial charge in [0.15, 0.2) is 0 Å². The first-order chi connectivity index (χ1) is 10.2. The average Bonchev–Trinajstić information content (AvgIpc) is 2.95. The van der Waals surface area contributed by atoms with E-state index in [1.165, 1.54) is 0 Å². The highest BCUT2D eigenvalue weighted by Crippen LogP contribution is 2.31. The van der Waals surface area contributed by atoms with Crippen molar-refractivity contribution in [3.8, 4) is 11.3 Å². The van der Waals surface area contributed by atoms with E-state index in [0.29, 0.717) is 0 Å². The Balaban J connectivity index is 1.72. The van der Waals surface area contributed by atoms with Crippen LogP contribution in [0.15, 0.2) is 58.8 Å². The van der Waals surface area contributed by atoms with Crippen LogP contribution in [0.1, 0.15) is 5.01 Å². The Bertz CT molecular complexity index is 755. The van der Waals surface area contributed by atoms with Gasteiger partial charge in [0, 0.05) is 21.5 Å². The van der Waals surface area contributed by atoms with Crippen LogP contribution in [0.3, 0.4) is 0 Å². The lowest BCUT2D eigenvalue weighted by Gasteiger charge is -2.01. The van der Waals surface area contributed by atoms with Crippen molar-refractivity contribution in [1.82, 2.24) is 4.98 Å². The number of halogens is 1. The summed E-state index contributed by atoms with van der Waals surface area (Å²) in [5, 5.41) is 3.93. The Morgan fingerprint density at radius 2 is 2.00 bits per heavy atom. The molecule has 0 aliphatic heterocycles. The van der Waals surface area contributed by atoms with Crippen LogP contribution in [-0.4, -0.2) is 4.98 Å². The minimum Gasteiger partial charge on any atom is -0.399 e. The van der Waals surface area contributed by atoms with Gasteiger partial charge in [-0.3, -0.25) is 0 Å². The molecule has 2 N–H and O–H groups in total. The quantitative estimate of drug-likeness (QED) is 0.518. The fraction of sp³-hybridized carbons (Fsp3) is 0.0625. The predicted molar refractivity (Wildman–Crippen MR) is 93.0 cm³/mol. The summed E-state index contributed by atoms with van der Waals surface area (Å²) < 4.78 is 0. The molecular formula is C16H13ClN2S2. The fourth-order valence-electron chi connectivity index (χ4n) is 1.91. The summed E-state index contributed by atoms with van der Waals surface area (Å²) in [6.45, 7) is 0. The van der Waals surface area contributed by atoms with Gasteiger partial charge in [-0.15, -0.1) is 23.1 Å². The lowest BCUT2D eigenvalue weighted by atomic mass is 10.1. The van der Waals surface area contributed by atoms with E-state index in [1.54, 1.807) is 23.1 Å². The van der Waals surface area contributed by atoms with Crippen LogP contribution in [0.25, 0.3) is 11.3 Å². The van der Waals surface area contributed by atoms with Crippen molar-refractivity contribution in [3.05, 3.63) is 63.9 Å². The third kappa shape index (κ3) is 3.59. The van der Waals surface area contributed by atoms with Crippen LogP contribution >= 0.6 is 34.7 Å². The molecule has 0 aliphatic rings. The number of nitrogens with two attached hydrogens (primary N) is 1. The summed E-state index contributed by atoms with van der Waals surface area (Å²) in [7, 11) is 0. The van der Waals surface area contributed by atoms with Crippen molar-refractivity contribution in [2.45, 2.75) is 10.6 Å². The van der Waals surface area contributed by atoms with Gasteiger partial charge in [0.25, 0.3) is 0 Å². The SMILES string of the molecule is Nc1cccc(-c2csc(CSc3ccccc3Cl)n2)c1. The molecule has 0 amide bonds. The average molecular weight is 333 g/mol. The second kappa shape index (κ2) is 6.52. The van der Waals surface area contributed by atoms with Crippen LogP contribution < -0.4 is 5.73 Å². The standard InChI is InChI=1S/C16H13ClN2S2/c17-13-6-1-2-7-15(13)20-10-16-19-14(9-21-16)11-4-3-5-12(18)8-11/h1-9H,10,18H2. The van der Waals surface area contributed by atoms with Gasteiger partial charge in [0.1, 0.15) is 5.01 Å². The molecule has 0 bridgehead atoms. The first-order valence-corrected chi connectivity index (χ1v) is 8.64. The maximum atomic E-state index is 6.16.